The molecule has 0 atom stereocenters. The quantitative estimate of drug-likeness (QED) is 0.645. The van der Waals surface area contributed by atoms with E-state index in [0.29, 0.717) is 11.1 Å². The minimum absolute atomic E-state index is 0.545. The molecule has 1 N–H and O–H groups in total. The van der Waals surface area contributed by atoms with Crippen LogP contribution >= 0.6 is 22.9 Å². The molecule has 4 nitrogen and oxygen atoms in total. The summed E-state index contributed by atoms with van der Waals surface area (Å²) in [4.78, 5) is 13.6. The summed E-state index contributed by atoms with van der Waals surface area (Å²) >= 11 is 7.87. The SMILES string of the molecule is Cc1cc2c(Cl)nc(NCCCCN3CCCC3)nc2s1. The lowest BCUT2D eigenvalue weighted by Gasteiger charge is -2.14. The molecular weight excluding hydrogens is 304 g/mol. The van der Waals surface area contributed by atoms with Crippen LogP contribution in [0.25, 0.3) is 10.2 Å². The average molecular weight is 325 g/mol. The normalized spacial score (nSPS) is 15.9. The molecule has 0 amide bonds. The Labute approximate surface area is 134 Å². The largest absolute Gasteiger partial charge is 0.354 e. The first-order chi connectivity index (χ1) is 10.2. The number of unbranched alkanes of at least 4 members (excludes halogenated alkanes) is 1. The number of thiophene rings is 1. The highest BCUT2D eigenvalue weighted by molar-refractivity contribution is 7.18. The molecule has 0 aromatic carbocycles. The van der Waals surface area contributed by atoms with Gasteiger partial charge in [-0.2, -0.15) is 0 Å². The van der Waals surface area contributed by atoms with Gasteiger partial charge in [-0.05, 0) is 58.3 Å². The molecule has 0 saturated carbocycles. The molecule has 3 rings (SSSR count). The maximum atomic E-state index is 6.21. The van der Waals surface area contributed by atoms with Gasteiger partial charge in [-0.3, -0.25) is 0 Å². The van der Waals surface area contributed by atoms with E-state index in [1.165, 1.54) is 43.8 Å². The van der Waals surface area contributed by atoms with Crippen LogP contribution in [0.5, 0.6) is 0 Å². The predicted octanol–water partition coefficient (Wildman–Crippen LogP) is 3.94. The first-order valence-corrected chi connectivity index (χ1v) is 8.82. The Morgan fingerprint density at radius 3 is 2.90 bits per heavy atom. The van der Waals surface area contributed by atoms with E-state index in [-0.39, 0.29) is 0 Å². The van der Waals surface area contributed by atoms with E-state index in [0.717, 1.165) is 23.2 Å². The van der Waals surface area contributed by atoms with E-state index in [2.05, 4.69) is 27.1 Å². The summed E-state index contributed by atoms with van der Waals surface area (Å²) in [6, 6.07) is 2.04. The number of anilines is 1. The van der Waals surface area contributed by atoms with Gasteiger partial charge in [-0.25, -0.2) is 9.97 Å². The van der Waals surface area contributed by atoms with E-state index in [1.54, 1.807) is 11.3 Å². The van der Waals surface area contributed by atoms with Crippen molar-refractivity contribution in [3.63, 3.8) is 0 Å². The third-order valence-corrected chi connectivity index (χ3v) is 5.08. The van der Waals surface area contributed by atoms with E-state index in [4.69, 9.17) is 11.6 Å². The van der Waals surface area contributed by atoms with Crippen LogP contribution in [0.4, 0.5) is 5.95 Å². The van der Waals surface area contributed by atoms with Gasteiger partial charge in [0.15, 0.2) is 0 Å². The Kier molecular flexibility index (Phi) is 4.93. The fourth-order valence-electron chi connectivity index (χ4n) is 2.75. The topological polar surface area (TPSA) is 41.1 Å². The molecule has 3 heterocycles. The van der Waals surface area contributed by atoms with E-state index in [1.807, 2.05) is 6.07 Å². The lowest BCUT2D eigenvalue weighted by molar-refractivity contribution is 0.331. The van der Waals surface area contributed by atoms with Crippen LogP contribution in [0.2, 0.25) is 5.15 Å². The van der Waals surface area contributed by atoms with Gasteiger partial charge in [0.1, 0.15) is 9.98 Å². The predicted molar refractivity (Wildman–Crippen MR) is 90.6 cm³/mol. The first kappa shape index (κ1) is 15.0. The zero-order chi connectivity index (χ0) is 14.7. The molecule has 21 heavy (non-hydrogen) atoms. The van der Waals surface area contributed by atoms with E-state index in [9.17, 15) is 0 Å². The van der Waals surface area contributed by atoms with Gasteiger partial charge in [-0.1, -0.05) is 11.6 Å². The summed E-state index contributed by atoms with van der Waals surface area (Å²) in [5.74, 6) is 0.649. The fraction of sp³-hybridized carbons (Fsp3) is 0.600. The zero-order valence-corrected chi connectivity index (χ0v) is 13.9. The van der Waals surface area contributed by atoms with Gasteiger partial charge in [0, 0.05) is 16.8 Å². The van der Waals surface area contributed by atoms with Crippen LogP contribution in [0.1, 0.15) is 30.6 Å². The summed E-state index contributed by atoms with van der Waals surface area (Å²) in [5, 5.41) is 4.80. The lowest BCUT2D eigenvalue weighted by Crippen LogP contribution is -2.21. The summed E-state index contributed by atoms with van der Waals surface area (Å²) in [6.45, 7) is 6.74. The fourth-order valence-corrected chi connectivity index (χ4v) is 3.91. The summed E-state index contributed by atoms with van der Waals surface area (Å²) in [7, 11) is 0. The molecule has 0 radical (unpaired) electrons. The van der Waals surface area contributed by atoms with Crippen molar-refractivity contribution in [3.8, 4) is 0 Å². The minimum atomic E-state index is 0.545. The highest BCUT2D eigenvalue weighted by Crippen LogP contribution is 2.29. The number of likely N-dealkylation sites (tertiary alicyclic amines) is 1. The number of aromatic nitrogens is 2. The van der Waals surface area contributed by atoms with Crippen LogP contribution in [-0.2, 0) is 0 Å². The Morgan fingerprint density at radius 2 is 2.10 bits per heavy atom. The third-order valence-electron chi connectivity index (χ3n) is 3.85. The van der Waals surface area contributed by atoms with Crippen molar-refractivity contribution in [2.24, 2.45) is 0 Å². The highest BCUT2D eigenvalue weighted by atomic mass is 35.5. The first-order valence-electron chi connectivity index (χ1n) is 7.62. The number of nitrogens with one attached hydrogen (secondary N) is 1. The molecule has 114 valence electrons. The van der Waals surface area contributed by atoms with Gasteiger partial charge in [0.25, 0.3) is 0 Å². The molecule has 1 saturated heterocycles. The third kappa shape index (κ3) is 3.84. The van der Waals surface area contributed by atoms with Crippen LogP contribution in [0.15, 0.2) is 6.07 Å². The van der Waals surface area contributed by atoms with Crippen LogP contribution < -0.4 is 5.32 Å². The maximum Gasteiger partial charge on any atom is 0.225 e. The second kappa shape index (κ2) is 6.90. The van der Waals surface area contributed by atoms with Crippen molar-refractivity contribution in [2.45, 2.75) is 32.6 Å². The summed E-state index contributed by atoms with van der Waals surface area (Å²) < 4.78 is 0. The Morgan fingerprint density at radius 1 is 1.29 bits per heavy atom. The van der Waals surface area contributed by atoms with Crippen molar-refractivity contribution in [3.05, 3.63) is 16.1 Å². The van der Waals surface area contributed by atoms with Crippen LogP contribution in [0, 0.1) is 6.92 Å². The van der Waals surface area contributed by atoms with Crippen LogP contribution in [0.3, 0.4) is 0 Å². The second-order valence-corrected chi connectivity index (χ2v) is 7.19. The number of nitrogens with zero attached hydrogens (tertiary/aromatic N) is 3. The molecule has 0 bridgehead atoms. The molecule has 0 aliphatic carbocycles. The lowest BCUT2D eigenvalue weighted by atomic mass is 10.3. The highest BCUT2D eigenvalue weighted by Gasteiger charge is 2.11. The number of aryl methyl sites for hydroxylation is 1. The van der Waals surface area contributed by atoms with Gasteiger partial charge >= 0.3 is 0 Å². The van der Waals surface area contributed by atoms with Gasteiger partial charge in [-0.15, -0.1) is 11.3 Å². The maximum absolute atomic E-state index is 6.21. The number of hydrogen-bond acceptors (Lipinski definition) is 5. The van der Waals surface area contributed by atoms with Crippen molar-refractivity contribution < 1.29 is 0 Å². The smallest absolute Gasteiger partial charge is 0.225 e. The Hall–Kier alpha value is -0.910. The second-order valence-electron chi connectivity index (χ2n) is 5.60. The van der Waals surface area contributed by atoms with Gasteiger partial charge in [0.05, 0.1) is 0 Å². The summed E-state index contributed by atoms with van der Waals surface area (Å²) in [6.07, 6.45) is 5.09. The van der Waals surface area contributed by atoms with Gasteiger partial charge < -0.3 is 10.2 Å². The molecule has 6 heteroatoms. The van der Waals surface area contributed by atoms with Crippen LogP contribution in [-0.4, -0.2) is 41.0 Å². The number of fused-ring (bicyclic) bond motifs is 1. The van der Waals surface area contributed by atoms with Gasteiger partial charge in [0.2, 0.25) is 5.95 Å². The monoisotopic (exact) mass is 324 g/mol. The van der Waals surface area contributed by atoms with Crippen molar-refractivity contribution >= 4 is 39.1 Å². The molecule has 1 aliphatic rings. The Bertz CT molecular complexity index is 607. The van der Waals surface area contributed by atoms with Crippen molar-refractivity contribution in [1.29, 1.82) is 0 Å². The zero-order valence-electron chi connectivity index (χ0n) is 12.4. The number of rotatable bonds is 6. The van der Waals surface area contributed by atoms with E-state index < -0.39 is 0 Å². The molecular formula is C15H21ClN4S. The molecule has 2 aromatic rings. The number of hydrogen-bond donors (Lipinski definition) is 1. The van der Waals surface area contributed by atoms with E-state index >= 15 is 0 Å². The van der Waals surface area contributed by atoms with Crippen molar-refractivity contribution in [1.82, 2.24) is 14.9 Å². The molecule has 0 unspecified atom stereocenters. The molecule has 0 spiro atoms. The summed E-state index contributed by atoms with van der Waals surface area (Å²) in [5.41, 5.74) is 0. The average Bonchev–Trinajstić information content (AvgIpc) is 3.07. The number of halogens is 1. The minimum Gasteiger partial charge on any atom is -0.354 e. The molecule has 1 aliphatic heterocycles. The Balaban J connectivity index is 1.48. The molecule has 1 fully saturated rings. The molecule has 2 aromatic heterocycles. The standard InChI is InChI=1S/C15H21ClN4S/c1-11-10-12-13(16)18-15(19-14(12)21-11)17-6-2-3-7-20-8-4-5-9-20/h10H,2-9H2,1H3,(H,17,18,19). The van der Waals surface area contributed by atoms with Crippen molar-refractivity contribution in [2.75, 3.05) is 31.5 Å².